The highest BCUT2D eigenvalue weighted by atomic mass is 79.9. The lowest BCUT2D eigenvalue weighted by atomic mass is 10.0. The second-order valence-electron chi connectivity index (χ2n) is 3.78. The third-order valence-electron chi connectivity index (χ3n) is 2.58. The first-order valence-electron chi connectivity index (χ1n) is 5.56. The van der Waals surface area contributed by atoms with Gasteiger partial charge in [-0.05, 0) is 56.6 Å². The van der Waals surface area contributed by atoms with E-state index in [1.54, 1.807) is 18.2 Å². The summed E-state index contributed by atoms with van der Waals surface area (Å²) in [6, 6.07) is 8.58. The van der Waals surface area contributed by atoms with E-state index in [9.17, 15) is 4.39 Å². The van der Waals surface area contributed by atoms with Crippen molar-refractivity contribution in [2.24, 2.45) is 0 Å². The summed E-state index contributed by atoms with van der Waals surface area (Å²) < 4.78 is 20.7. The predicted molar refractivity (Wildman–Crippen MR) is 76.0 cm³/mol. The molecule has 0 amide bonds. The highest BCUT2D eigenvalue weighted by Gasteiger charge is 2.21. The van der Waals surface area contributed by atoms with Crippen molar-refractivity contribution in [2.75, 3.05) is 6.54 Å². The number of nitrogens with one attached hydrogen (secondary N) is 1. The molecule has 18 heavy (non-hydrogen) atoms. The zero-order valence-electron chi connectivity index (χ0n) is 9.71. The van der Waals surface area contributed by atoms with Gasteiger partial charge in [0.05, 0.1) is 10.5 Å². The van der Waals surface area contributed by atoms with E-state index in [0.29, 0.717) is 20.5 Å². The molecule has 0 fully saturated rings. The molecule has 1 N–H and O–H groups in total. The van der Waals surface area contributed by atoms with Crippen LogP contribution in [0.1, 0.15) is 24.3 Å². The third-order valence-corrected chi connectivity index (χ3v) is 3.62. The second kappa shape index (κ2) is 5.99. The molecule has 5 heteroatoms. The van der Waals surface area contributed by atoms with Gasteiger partial charge in [0.25, 0.3) is 0 Å². The molecule has 0 aliphatic rings. The molecule has 1 unspecified atom stereocenters. The average molecular weight is 377 g/mol. The van der Waals surface area contributed by atoms with Gasteiger partial charge in [0.1, 0.15) is 11.6 Å². The Balaban J connectivity index is 2.44. The molecule has 0 radical (unpaired) electrons. The molecule has 1 heterocycles. The molecule has 0 spiro atoms. The van der Waals surface area contributed by atoms with E-state index in [1.165, 1.54) is 0 Å². The molecule has 0 aliphatic carbocycles. The number of benzene rings is 1. The summed E-state index contributed by atoms with van der Waals surface area (Å²) in [7, 11) is 0. The van der Waals surface area contributed by atoms with Crippen molar-refractivity contribution in [1.82, 2.24) is 5.32 Å². The monoisotopic (exact) mass is 375 g/mol. The van der Waals surface area contributed by atoms with E-state index in [2.05, 4.69) is 37.2 Å². The topological polar surface area (TPSA) is 25.2 Å². The van der Waals surface area contributed by atoms with Crippen LogP contribution in [0.2, 0.25) is 0 Å². The van der Waals surface area contributed by atoms with Gasteiger partial charge < -0.3 is 9.73 Å². The first kappa shape index (κ1) is 13.8. The zero-order chi connectivity index (χ0) is 13.1. The van der Waals surface area contributed by atoms with E-state index in [0.717, 1.165) is 6.54 Å². The van der Waals surface area contributed by atoms with Crippen LogP contribution in [0, 0.1) is 5.82 Å². The van der Waals surface area contributed by atoms with E-state index >= 15 is 0 Å². The van der Waals surface area contributed by atoms with Gasteiger partial charge in [0.2, 0.25) is 0 Å². The van der Waals surface area contributed by atoms with Crippen LogP contribution in [0.4, 0.5) is 4.39 Å². The molecule has 96 valence electrons. The van der Waals surface area contributed by atoms with Gasteiger partial charge in [-0.3, -0.25) is 0 Å². The molecule has 0 saturated carbocycles. The van der Waals surface area contributed by atoms with Crippen molar-refractivity contribution in [3.63, 3.8) is 0 Å². The van der Waals surface area contributed by atoms with E-state index in [4.69, 9.17) is 4.42 Å². The van der Waals surface area contributed by atoms with Crippen LogP contribution in [-0.2, 0) is 0 Å². The molecule has 1 aromatic heterocycles. The number of halogens is 3. The maximum atomic E-state index is 14.1. The Morgan fingerprint density at radius 1 is 1.28 bits per heavy atom. The van der Waals surface area contributed by atoms with Crippen LogP contribution in [0.3, 0.4) is 0 Å². The Bertz CT molecular complexity index is 542. The lowest BCUT2D eigenvalue weighted by Gasteiger charge is -2.17. The molecular formula is C13H12Br2FNO. The largest absolute Gasteiger partial charge is 0.452 e. The normalized spacial score (nSPS) is 12.7. The van der Waals surface area contributed by atoms with Crippen molar-refractivity contribution >= 4 is 31.9 Å². The quantitative estimate of drug-likeness (QED) is 0.840. The maximum absolute atomic E-state index is 14.1. The average Bonchev–Trinajstić information content (AvgIpc) is 2.77. The minimum Gasteiger partial charge on any atom is -0.452 e. The van der Waals surface area contributed by atoms with Crippen LogP contribution in [0.15, 0.2) is 43.9 Å². The summed E-state index contributed by atoms with van der Waals surface area (Å²) in [5.41, 5.74) is 0.563. The molecule has 0 bridgehead atoms. The molecule has 1 aromatic carbocycles. The maximum Gasteiger partial charge on any atom is 0.169 e. The number of hydrogen-bond donors (Lipinski definition) is 1. The molecule has 0 aliphatic heterocycles. The Kier molecular flexibility index (Phi) is 4.59. The highest BCUT2D eigenvalue weighted by molar-refractivity contribution is 9.10. The van der Waals surface area contributed by atoms with E-state index in [1.807, 2.05) is 19.1 Å². The first-order chi connectivity index (χ1) is 8.63. The second-order valence-corrected chi connectivity index (χ2v) is 5.41. The molecule has 2 rings (SSSR count). The number of furan rings is 1. The van der Waals surface area contributed by atoms with Gasteiger partial charge in [0.15, 0.2) is 4.67 Å². The number of rotatable bonds is 4. The molecule has 2 aromatic rings. The fourth-order valence-electron chi connectivity index (χ4n) is 1.79. The third kappa shape index (κ3) is 2.84. The fourth-order valence-corrected chi connectivity index (χ4v) is 2.50. The van der Waals surface area contributed by atoms with Crippen LogP contribution in [0.25, 0.3) is 0 Å². The molecular weight excluding hydrogens is 365 g/mol. The van der Waals surface area contributed by atoms with Crippen LogP contribution >= 0.6 is 31.9 Å². The van der Waals surface area contributed by atoms with Crippen LogP contribution in [0.5, 0.6) is 0 Å². The Morgan fingerprint density at radius 3 is 2.67 bits per heavy atom. The Morgan fingerprint density at radius 2 is 2.06 bits per heavy atom. The van der Waals surface area contributed by atoms with E-state index in [-0.39, 0.29) is 11.9 Å². The molecule has 1 atom stereocenters. The highest BCUT2D eigenvalue weighted by Crippen LogP contribution is 2.30. The lowest BCUT2D eigenvalue weighted by molar-refractivity contribution is 0.428. The van der Waals surface area contributed by atoms with Gasteiger partial charge >= 0.3 is 0 Å². The molecule has 0 saturated heterocycles. The van der Waals surface area contributed by atoms with Gasteiger partial charge in [-0.15, -0.1) is 0 Å². The molecule has 2 nitrogen and oxygen atoms in total. The van der Waals surface area contributed by atoms with Crippen LogP contribution in [-0.4, -0.2) is 6.54 Å². The van der Waals surface area contributed by atoms with Crippen molar-refractivity contribution in [1.29, 1.82) is 0 Å². The van der Waals surface area contributed by atoms with Gasteiger partial charge in [-0.1, -0.05) is 19.1 Å². The Hall–Kier alpha value is -0.650. The summed E-state index contributed by atoms with van der Waals surface area (Å²) in [6.45, 7) is 2.69. The number of hydrogen-bond acceptors (Lipinski definition) is 2. The minimum atomic E-state index is -0.293. The smallest absolute Gasteiger partial charge is 0.169 e. The SMILES string of the molecule is CCNC(c1ccc(Br)o1)c1cccc(Br)c1F. The van der Waals surface area contributed by atoms with Crippen molar-refractivity contribution in [3.8, 4) is 0 Å². The summed E-state index contributed by atoms with van der Waals surface area (Å²) in [4.78, 5) is 0. The minimum absolute atomic E-state index is 0.268. The summed E-state index contributed by atoms with van der Waals surface area (Å²) in [6.07, 6.45) is 0. The first-order valence-corrected chi connectivity index (χ1v) is 7.14. The zero-order valence-corrected chi connectivity index (χ0v) is 12.9. The summed E-state index contributed by atoms with van der Waals surface area (Å²) in [5, 5.41) is 3.22. The van der Waals surface area contributed by atoms with Gasteiger partial charge in [0, 0.05) is 5.56 Å². The standard InChI is InChI=1S/C13H12Br2FNO/c1-2-17-13(10-6-7-11(15)18-10)8-4-3-5-9(14)12(8)16/h3-7,13,17H,2H2,1H3. The summed E-state index contributed by atoms with van der Waals surface area (Å²) in [5.74, 6) is 0.414. The fraction of sp³-hybridized carbons (Fsp3) is 0.231. The van der Waals surface area contributed by atoms with Crippen molar-refractivity contribution in [2.45, 2.75) is 13.0 Å². The summed E-state index contributed by atoms with van der Waals surface area (Å²) >= 11 is 6.46. The van der Waals surface area contributed by atoms with Crippen molar-refractivity contribution < 1.29 is 8.81 Å². The lowest BCUT2D eigenvalue weighted by Crippen LogP contribution is -2.22. The van der Waals surface area contributed by atoms with E-state index < -0.39 is 0 Å². The van der Waals surface area contributed by atoms with Crippen LogP contribution < -0.4 is 5.32 Å². The van der Waals surface area contributed by atoms with Gasteiger partial charge in [-0.2, -0.15) is 0 Å². The Labute approximate surface area is 122 Å². The van der Waals surface area contributed by atoms with Gasteiger partial charge in [-0.25, -0.2) is 4.39 Å². The van der Waals surface area contributed by atoms with Crippen molar-refractivity contribution in [3.05, 3.63) is 56.6 Å². The predicted octanol–water partition coefficient (Wildman–Crippen LogP) is 4.64.